The molecule has 0 spiro atoms. The smallest absolute Gasteiger partial charge is 0.238 e. The van der Waals surface area contributed by atoms with Crippen LogP contribution in [0.2, 0.25) is 0 Å². The van der Waals surface area contributed by atoms with Crippen molar-refractivity contribution in [3.05, 3.63) is 18.2 Å². The molecule has 0 saturated carbocycles. The van der Waals surface area contributed by atoms with Gasteiger partial charge in [0.05, 0.1) is 26.4 Å². The Labute approximate surface area is 175 Å². The molecule has 0 radical (unpaired) electrons. The van der Waals surface area contributed by atoms with E-state index in [2.05, 4.69) is 29.0 Å². The fraction of sp³-hybridized carbons (Fsp3) is 0.682. The number of rotatable bonds is 9. The summed E-state index contributed by atoms with van der Waals surface area (Å²) >= 11 is 0. The third-order valence-corrected chi connectivity index (χ3v) is 5.44. The van der Waals surface area contributed by atoms with Gasteiger partial charge in [-0.3, -0.25) is 14.6 Å². The van der Waals surface area contributed by atoms with E-state index in [0.29, 0.717) is 36.3 Å². The van der Waals surface area contributed by atoms with Crippen LogP contribution in [0.4, 0.5) is 5.69 Å². The molecule has 0 aromatic heterocycles. The Kier molecular flexibility index (Phi) is 8.31. The molecule has 0 unspecified atom stereocenters. The van der Waals surface area contributed by atoms with Crippen molar-refractivity contribution in [3.8, 4) is 11.5 Å². The van der Waals surface area contributed by atoms with Crippen molar-refractivity contribution >= 4 is 11.6 Å². The number of anilines is 1. The summed E-state index contributed by atoms with van der Waals surface area (Å²) in [4.78, 5) is 17.4. The second kappa shape index (κ2) is 10.3. The Bertz CT molecular complexity index is 652. The van der Waals surface area contributed by atoms with E-state index < -0.39 is 5.60 Å². The van der Waals surface area contributed by atoms with Gasteiger partial charge in [-0.2, -0.15) is 0 Å². The number of hydrogen-bond acceptors (Lipinski definition) is 6. The average molecular weight is 408 g/mol. The van der Waals surface area contributed by atoms with Gasteiger partial charge in [0, 0.05) is 55.6 Å². The predicted octanol–water partition coefficient (Wildman–Crippen LogP) is 2.59. The average Bonchev–Trinajstić information content (AvgIpc) is 2.67. The van der Waals surface area contributed by atoms with E-state index >= 15 is 0 Å². The molecule has 0 aliphatic carbocycles. The van der Waals surface area contributed by atoms with Gasteiger partial charge in [-0.25, -0.2) is 0 Å². The topological polar surface area (TPSA) is 74.3 Å². The first-order chi connectivity index (χ1) is 13.7. The van der Waals surface area contributed by atoms with Crippen LogP contribution in [0.5, 0.6) is 11.5 Å². The van der Waals surface area contributed by atoms with E-state index in [-0.39, 0.29) is 11.9 Å². The minimum Gasteiger partial charge on any atom is -0.497 e. The highest BCUT2D eigenvalue weighted by Crippen LogP contribution is 2.26. The van der Waals surface area contributed by atoms with Crippen molar-refractivity contribution in [3.63, 3.8) is 0 Å². The molecule has 7 nitrogen and oxygen atoms in total. The molecule has 0 bridgehead atoms. The zero-order chi connectivity index (χ0) is 21.6. The number of benzene rings is 1. The number of amides is 1. The zero-order valence-electron chi connectivity index (χ0n) is 18.7. The summed E-state index contributed by atoms with van der Waals surface area (Å²) in [5.41, 5.74) is -0.0663. The molecule has 2 rings (SSSR count). The van der Waals surface area contributed by atoms with Crippen molar-refractivity contribution in [1.29, 1.82) is 0 Å². The highest BCUT2D eigenvalue weighted by Gasteiger charge is 2.35. The maximum Gasteiger partial charge on any atom is 0.238 e. The molecule has 1 aliphatic heterocycles. The molecule has 7 heteroatoms. The van der Waals surface area contributed by atoms with Crippen LogP contribution < -0.4 is 14.8 Å². The summed E-state index contributed by atoms with van der Waals surface area (Å²) < 4.78 is 10.6. The summed E-state index contributed by atoms with van der Waals surface area (Å²) in [5, 5.41) is 13.2. The van der Waals surface area contributed by atoms with E-state index in [9.17, 15) is 9.90 Å². The van der Waals surface area contributed by atoms with Crippen molar-refractivity contribution < 1.29 is 19.4 Å². The number of β-amino-alcohol motifs (C(OH)–C–C–N with tert-alkyl or cyclic N) is 1. The van der Waals surface area contributed by atoms with Crippen molar-refractivity contribution in [2.75, 3.05) is 45.7 Å². The molecule has 1 fully saturated rings. The molecular weight excluding hydrogens is 370 g/mol. The number of piperazine rings is 1. The van der Waals surface area contributed by atoms with Gasteiger partial charge >= 0.3 is 0 Å². The highest BCUT2D eigenvalue weighted by atomic mass is 16.5. The molecule has 1 aromatic carbocycles. The van der Waals surface area contributed by atoms with Gasteiger partial charge in [-0.1, -0.05) is 13.8 Å². The fourth-order valence-electron chi connectivity index (χ4n) is 3.99. The largest absolute Gasteiger partial charge is 0.497 e. The van der Waals surface area contributed by atoms with Crippen LogP contribution in [-0.4, -0.2) is 78.9 Å². The third-order valence-electron chi connectivity index (χ3n) is 5.44. The monoisotopic (exact) mass is 407 g/mol. The van der Waals surface area contributed by atoms with Gasteiger partial charge in [-0.05, 0) is 26.7 Å². The first kappa shape index (κ1) is 23.4. The fourth-order valence-corrected chi connectivity index (χ4v) is 3.99. The second-order valence-electron chi connectivity index (χ2n) is 8.44. The summed E-state index contributed by atoms with van der Waals surface area (Å²) in [5.74, 6) is 1.22. The molecule has 1 aliphatic rings. The number of carbonyl (C=O) groups excluding carboxylic acids is 1. The van der Waals surface area contributed by atoms with Gasteiger partial charge in [0.15, 0.2) is 0 Å². The summed E-state index contributed by atoms with van der Waals surface area (Å²) in [7, 11) is 3.18. The van der Waals surface area contributed by atoms with Crippen LogP contribution in [0.25, 0.3) is 0 Å². The van der Waals surface area contributed by atoms with E-state index in [4.69, 9.17) is 9.47 Å². The lowest BCUT2D eigenvalue weighted by atomic mass is 9.99. The predicted molar refractivity (Wildman–Crippen MR) is 116 cm³/mol. The standard InChI is InChI=1S/C22H37N3O4/c1-7-17-13-25(15-22(3,4)27)18(8-2)12-24(17)14-21(26)23-16-9-19(28-5)11-20(10-16)29-6/h9-11,17-18,27H,7-8,12-15H2,1-6H3,(H,23,26)/t17-,18-/m0/s1. The molecule has 1 saturated heterocycles. The minimum absolute atomic E-state index is 0.0513. The normalized spacial score (nSPS) is 21.1. The first-order valence-electron chi connectivity index (χ1n) is 10.4. The lowest BCUT2D eigenvalue weighted by molar-refractivity contribution is -0.119. The number of ether oxygens (including phenoxy) is 2. The molecule has 2 atom stereocenters. The van der Waals surface area contributed by atoms with Crippen LogP contribution >= 0.6 is 0 Å². The van der Waals surface area contributed by atoms with E-state index in [1.807, 2.05) is 13.8 Å². The van der Waals surface area contributed by atoms with Crippen molar-refractivity contribution in [1.82, 2.24) is 9.80 Å². The maximum atomic E-state index is 12.8. The van der Waals surface area contributed by atoms with Gasteiger partial charge in [0.2, 0.25) is 5.91 Å². The Hall–Kier alpha value is -1.83. The number of carbonyl (C=O) groups is 1. The van der Waals surface area contributed by atoms with Gasteiger partial charge < -0.3 is 19.9 Å². The van der Waals surface area contributed by atoms with Gasteiger partial charge in [0.25, 0.3) is 0 Å². The number of methoxy groups -OCH3 is 2. The van der Waals surface area contributed by atoms with Gasteiger partial charge in [-0.15, -0.1) is 0 Å². The summed E-state index contributed by atoms with van der Waals surface area (Å²) in [6.07, 6.45) is 1.94. The summed E-state index contributed by atoms with van der Waals surface area (Å²) in [6.45, 7) is 10.7. The molecule has 2 N–H and O–H groups in total. The first-order valence-corrected chi connectivity index (χ1v) is 10.4. The SMILES string of the molecule is CC[C@H]1CN(CC(C)(C)O)[C@@H](CC)CN1CC(=O)Nc1cc(OC)cc(OC)c1. The Morgan fingerprint density at radius 3 is 2.07 bits per heavy atom. The lowest BCUT2D eigenvalue weighted by Crippen LogP contribution is -2.61. The van der Waals surface area contributed by atoms with Crippen LogP contribution in [0, 0.1) is 0 Å². The second-order valence-corrected chi connectivity index (χ2v) is 8.44. The van der Waals surface area contributed by atoms with Crippen molar-refractivity contribution in [2.45, 2.75) is 58.2 Å². The van der Waals surface area contributed by atoms with Gasteiger partial charge in [0.1, 0.15) is 11.5 Å². The zero-order valence-corrected chi connectivity index (χ0v) is 18.7. The summed E-state index contributed by atoms with van der Waals surface area (Å²) in [6, 6.07) is 5.96. The van der Waals surface area contributed by atoms with E-state index in [1.54, 1.807) is 32.4 Å². The van der Waals surface area contributed by atoms with E-state index in [1.165, 1.54) is 0 Å². The molecule has 1 aromatic rings. The number of nitrogens with one attached hydrogen (secondary N) is 1. The van der Waals surface area contributed by atoms with Crippen LogP contribution in [-0.2, 0) is 4.79 Å². The van der Waals surface area contributed by atoms with Crippen LogP contribution in [0.15, 0.2) is 18.2 Å². The third kappa shape index (κ3) is 6.87. The molecule has 164 valence electrons. The Morgan fingerprint density at radius 1 is 1.07 bits per heavy atom. The minimum atomic E-state index is -0.726. The molecule has 1 heterocycles. The lowest BCUT2D eigenvalue weighted by Gasteiger charge is -2.47. The van der Waals surface area contributed by atoms with Crippen LogP contribution in [0.3, 0.4) is 0 Å². The van der Waals surface area contributed by atoms with E-state index in [0.717, 1.165) is 25.9 Å². The number of hydrogen-bond donors (Lipinski definition) is 2. The van der Waals surface area contributed by atoms with Crippen LogP contribution in [0.1, 0.15) is 40.5 Å². The highest BCUT2D eigenvalue weighted by molar-refractivity contribution is 5.92. The number of aliphatic hydroxyl groups is 1. The Morgan fingerprint density at radius 2 is 1.59 bits per heavy atom. The number of nitrogens with zero attached hydrogens (tertiary/aromatic N) is 2. The molecule has 1 amide bonds. The quantitative estimate of drug-likeness (QED) is 0.655. The maximum absolute atomic E-state index is 12.8. The van der Waals surface area contributed by atoms with Crippen molar-refractivity contribution in [2.24, 2.45) is 0 Å². The Balaban J connectivity index is 2.05. The molecule has 29 heavy (non-hydrogen) atoms. The molecular formula is C22H37N3O4.